The molecule has 0 radical (unpaired) electrons. The average Bonchev–Trinajstić information content (AvgIpc) is 2.16. The predicted molar refractivity (Wildman–Crippen MR) is 44.9 cm³/mol. The number of benzene rings is 1. The Morgan fingerprint density at radius 1 is 1.57 bits per heavy atom. The zero-order chi connectivity index (χ0) is 10.1. The number of carbonyl (C=O) groups excluding carboxylic acids is 1. The lowest BCUT2D eigenvalue weighted by atomic mass is 9.99. The van der Waals surface area contributed by atoms with E-state index in [9.17, 15) is 9.18 Å². The molecule has 1 unspecified atom stereocenters. The molecule has 1 aliphatic rings. The van der Waals surface area contributed by atoms with Crippen LogP contribution in [0.5, 0.6) is 0 Å². The lowest BCUT2D eigenvalue weighted by Crippen LogP contribution is -2.26. The van der Waals surface area contributed by atoms with E-state index in [4.69, 9.17) is 10.00 Å². The number of halogens is 1. The van der Waals surface area contributed by atoms with Crippen LogP contribution < -0.4 is 0 Å². The number of esters is 1. The van der Waals surface area contributed by atoms with Crippen LogP contribution in [0.3, 0.4) is 0 Å². The number of ether oxygens (including phenoxy) is 1. The van der Waals surface area contributed by atoms with Gasteiger partial charge in [0.25, 0.3) is 0 Å². The lowest BCUT2D eigenvalue weighted by molar-refractivity contribution is 0.0370. The minimum atomic E-state index is -0.795. The standard InChI is InChI=1S/C10H6FNO2/c11-7-1-2-9-6(3-7)4-8(5-12)14-10(9)13/h1-3,8H,4H2. The summed E-state index contributed by atoms with van der Waals surface area (Å²) in [6.07, 6.45) is -0.535. The van der Waals surface area contributed by atoms with E-state index >= 15 is 0 Å². The van der Waals surface area contributed by atoms with E-state index in [1.54, 1.807) is 0 Å². The third kappa shape index (κ3) is 1.33. The largest absolute Gasteiger partial charge is 0.443 e. The quantitative estimate of drug-likeness (QED) is 0.583. The van der Waals surface area contributed by atoms with Crippen LogP contribution >= 0.6 is 0 Å². The van der Waals surface area contributed by atoms with Gasteiger partial charge >= 0.3 is 5.97 Å². The monoisotopic (exact) mass is 191 g/mol. The highest BCUT2D eigenvalue weighted by Crippen LogP contribution is 2.21. The Morgan fingerprint density at radius 3 is 3.07 bits per heavy atom. The SMILES string of the molecule is N#CC1Cc2cc(F)ccc2C(=O)O1. The number of nitriles is 1. The molecular formula is C10H6FNO2. The van der Waals surface area contributed by atoms with E-state index in [1.165, 1.54) is 18.2 Å². The van der Waals surface area contributed by atoms with E-state index in [2.05, 4.69) is 0 Å². The number of carbonyl (C=O) groups is 1. The van der Waals surface area contributed by atoms with E-state index in [1.807, 2.05) is 6.07 Å². The third-order valence-electron chi connectivity index (χ3n) is 2.09. The summed E-state index contributed by atoms with van der Waals surface area (Å²) < 4.78 is 17.6. The smallest absolute Gasteiger partial charge is 0.339 e. The molecule has 0 fully saturated rings. The molecule has 14 heavy (non-hydrogen) atoms. The maximum absolute atomic E-state index is 12.8. The first kappa shape index (κ1) is 8.70. The zero-order valence-corrected chi connectivity index (χ0v) is 7.16. The maximum atomic E-state index is 12.8. The summed E-state index contributed by atoms with van der Waals surface area (Å²) in [6, 6.07) is 5.67. The molecule has 1 aromatic carbocycles. The second kappa shape index (κ2) is 3.11. The van der Waals surface area contributed by atoms with Crippen LogP contribution in [0.15, 0.2) is 18.2 Å². The van der Waals surface area contributed by atoms with Gasteiger partial charge in [-0.15, -0.1) is 0 Å². The molecule has 1 aromatic rings. The van der Waals surface area contributed by atoms with Crippen molar-refractivity contribution in [3.63, 3.8) is 0 Å². The van der Waals surface area contributed by atoms with E-state index < -0.39 is 17.9 Å². The van der Waals surface area contributed by atoms with Crippen LogP contribution in [-0.2, 0) is 11.2 Å². The minimum Gasteiger partial charge on any atom is -0.443 e. The fraction of sp³-hybridized carbons (Fsp3) is 0.200. The number of fused-ring (bicyclic) bond motifs is 1. The van der Waals surface area contributed by atoms with E-state index in [0.29, 0.717) is 11.1 Å². The van der Waals surface area contributed by atoms with Crippen molar-refractivity contribution in [2.24, 2.45) is 0 Å². The van der Waals surface area contributed by atoms with Crippen LogP contribution in [0.2, 0.25) is 0 Å². The van der Waals surface area contributed by atoms with Crippen molar-refractivity contribution in [1.29, 1.82) is 5.26 Å². The number of nitrogens with zero attached hydrogens (tertiary/aromatic N) is 1. The lowest BCUT2D eigenvalue weighted by Gasteiger charge is -2.19. The van der Waals surface area contributed by atoms with Gasteiger partial charge in [0.15, 0.2) is 6.10 Å². The van der Waals surface area contributed by atoms with Crippen LogP contribution in [0.4, 0.5) is 4.39 Å². The van der Waals surface area contributed by atoms with Crippen molar-refractivity contribution in [3.05, 3.63) is 35.1 Å². The second-order valence-corrected chi connectivity index (χ2v) is 3.03. The molecule has 4 heteroatoms. The van der Waals surface area contributed by atoms with Gasteiger partial charge in [0, 0.05) is 6.42 Å². The highest BCUT2D eigenvalue weighted by atomic mass is 19.1. The number of rotatable bonds is 0. The molecule has 1 atom stereocenters. The van der Waals surface area contributed by atoms with E-state index in [0.717, 1.165) is 0 Å². The molecule has 0 aromatic heterocycles. The van der Waals surface area contributed by atoms with Crippen LogP contribution in [0, 0.1) is 17.1 Å². The van der Waals surface area contributed by atoms with Crippen LogP contribution in [0.1, 0.15) is 15.9 Å². The fourth-order valence-electron chi connectivity index (χ4n) is 1.44. The maximum Gasteiger partial charge on any atom is 0.339 e. The molecule has 0 saturated heterocycles. The summed E-state index contributed by atoms with van der Waals surface area (Å²) in [4.78, 5) is 11.3. The highest BCUT2D eigenvalue weighted by molar-refractivity contribution is 5.92. The third-order valence-corrected chi connectivity index (χ3v) is 2.09. The summed E-state index contributed by atoms with van der Waals surface area (Å²) in [6.45, 7) is 0. The van der Waals surface area contributed by atoms with E-state index in [-0.39, 0.29) is 6.42 Å². The fourth-order valence-corrected chi connectivity index (χ4v) is 1.44. The number of hydrogen-bond donors (Lipinski definition) is 0. The van der Waals surface area contributed by atoms with Crippen LogP contribution in [0.25, 0.3) is 0 Å². The first-order valence-corrected chi connectivity index (χ1v) is 4.10. The summed E-state index contributed by atoms with van der Waals surface area (Å²) in [5.41, 5.74) is 0.880. The Kier molecular flexibility index (Phi) is 1.93. The molecule has 70 valence electrons. The molecule has 1 aliphatic heterocycles. The zero-order valence-electron chi connectivity index (χ0n) is 7.16. The molecule has 0 bridgehead atoms. The Bertz CT molecular complexity index is 436. The van der Waals surface area contributed by atoms with Gasteiger partial charge in [-0.3, -0.25) is 0 Å². The topological polar surface area (TPSA) is 50.1 Å². The second-order valence-electron chi connectivity index (χ2n) is 3.03. The molecule has 1 heterocycles. The predicted octanol–water partition coefficient (Wildman–Crippen LogP) is 1.43. The number of cyclic esters (lactones) is 1. The summed E-state index contributed by atoms with van der Waals surface area (Å²) in [7, 11) is 0. The molecule has 0 saturated carbocycles. The van der Waals surface area contributed by atoms with Gasteiger partial charge in [0.2, 0.25) is 0 Å². The van der Waals surface area contributed by atoms with Crippen molar-refractivity contribution < 1.29 is 13.9 Å². The van der Waals surface area contributed by atoms with Gasteiger partial charge in [-0.25, -0.2) is 9.18 Å². The van der Waals surface area contributed by atoms with Gasteiger partial charge in [-0.1, -0.05) is 0 Å². The Labute approximate surface area is 79.7 Å². The van der Waals surface area contributed by atoms with Crippen molar-refractivity contribution >= 4 is 5.97 Å². The summed E-state index contributed by atoms with van der Waals surface area (Å²) in [5.74, 6) is -0.965. The number of hydrogen-bond acceptors (Lipinski definition) is 3. The minimum absolute atomic E-state index is 0.259. The van der Waals surface area contributed by atoms with Gasteiger partial charge in [-0.2, -0.15) is 5.26 Å². The van der Waals surface area contributed by atoms with Crippen LogP contribution in [-0.4, -0.2) is 12.1 Å². The normalized spacial score (nSPS) is 19.4. The highest BCUT2D eigenvalue weighted by Gasteiger charge is 2.26. The van der Waals surface area contributed by atoms with Gasteiger partial charge in [0.1, 0.15) is 11.9 Å². The molecule has 0 spiro atoms. The molecule has 0 amide bonds. The Balaban J connectivity index is 2.46. The molecular weight excluding hydrogens is 185 g/mol. The van der Waals surface area contributed by atoms with Crippen molar-refractivity contribution in [2.75, 3.05) is 0 Å². The molecule has 2 rings (SSSR count). The van der Waals surface area contributed by atoms with Crippen molar-refractivity contribution in [2.45, 2.75) is 12.5 Å². The van der Waals surface area contributed by atoms with Gasteiger partial charge < -0.3 is 4.74 Å². The van der Waals surface area contributed by atoms with Crippen molar-refractivity contribution in [3.8, 4) is 6.07 Å². The van der Waals surface area contributed by atoms with Crippen molar-refractivity contribution in [1.82, 2.24) is 0 Å². The summed E-state index contributed by atoms with van der Waals surface area (Å²) in [5, 5.41) is 8.58. The van der Waals surface area contributed by atoms with Gasteiger partial charge in [0.05, 0.1) is 5.56 Å². The first-order chi connectivity index (χ1) is 6.70. The average molecular weight is 191 g/mol. The molecule has 0 aliphatic carbocycles. The Morgan fingerprint density at radius 2 is 2.36 bits per heavy atom. The Hall–Kier alpha value is -1.89. The summed E-state index contributed by atoms with van der Waals surface area (Å²) >= 11 is 0. The molecule has 0 N–H and O–H groups in total. The molecule has 3 nitrogen and oxygen atoms in total. The van der Waals surface area contributed by atoms with Gasteiger partial charge in [-0.05, 0) is 23.8 Å². The first-order valence-electron chi connectivity index (χ1n) is 4.10.